The van der Waals surface area contributed by atoms with E-state index in [1.54, 1.807) is 26.1 Å². The number of halogens is 2. The highest BCUT2D eigenvalue weighted by Crippen LogP contribution is 2.17. The predicted molar refractivity (Wildman–Crippen MR) is 108 cm³/mol. The normalized spacial score (nSPS) is 11.5. The molecule has 138 valence electrons. The van der Waals surface area contributed by atoms with Gasteiger partial charge in [0.1, 0.15) is 11.8 Å². The molecule has 7 heteroatoms. The van der Waals surface area contributed by atoms with Crippen LogP contribution in [0.5, 0.6) is 5.75 Å². The van der Waals surface area contributed by atoms with Gasteiger partial charge in [0.15, 0.2) is 6.61 Å². The van der Waals surface area contributed by atoms with Crippen molar-refractivity contribution in [2.24, 2.45) is 0 Å². The zero-order valence-corrected chi connectivity index (χ0v) is 17.7. The minimum atomic E-state index is -0.607. The molecule has 2 rings (SSSR count). The first kappa shape index (κ1) is 20.5. The zero-order chi connectivity index (χ0) is 19.1. The average molecular weight is 484 g/mol. The van der Waals surface area contributed by atoms with E-state index in [-0.39, 0.29) is 18.4 Å². The third kappa shape index (κ3) is 5.85. The van der Waals surface area contributed by atoms with E-state index in [4.69, 9.17) is 4.74 Å². The van der Waals surface area contributed by atoms with Crippen molar-refractivity contribution in [1.29, 1.82) is 0 Å². The molecule has 0 aromatic heterocycles. The highest BCUT2D eigenvalue weighted by molar-refractivity contribution is 9.10. The number of hydrogen-bond donors (Lipinski definition) is 1. The quantitative estimate of drug-likeness (QED) is 0.652. The van der Waals surface area contributed by atoms with Crippen LogP contribution in [0.1, 0.15) is 12.5 Å². The lowest BCUT2D eigenvalue weighted by Crippen LogP contribution is -2.48. The number of rotatable bonds is 7. The molecule has 0 saturated carbocycles. The van der Waals surface area contributed by atoms with Gasteiger partial charge in [-0.25, -0.2) is 0 Å². The second kappa shape index (κ2) is 9.73. The van der Waals surface area contributed by atoms with Gasteiger partial charge in [0, 0.05) is 22.5 Å². The Kier molecular flexibility index (Phi) is 7.66. The second-order valence-corrected chi connectivity index (χ2v) is 7.51. The number of likely N-dealkylation sites (N-methyl/N-ethyl adjacent to an activating group) is 1. The Hall–Kier alpha value is -1.86. The Bertz CT molecular complexity index is 748. The van der Waals surface area contributed by atoms with Gasteiger partial charge in [-0.05, 0) is 48.9 Å². The number of nitrogens with one attached hydrogen (secondary N) is 1. The van der Waals surface area contributed by atoms with Gasteiger partial charge in [0.05, 0.1) is 0 Å². The van der Waals surface area contributed by atoms with E-state index in [0.29, 0.717) is 12.3 Å². The fourth-order valence-corrected chi connectivity index (χ4v) is 2.87. The molecule has 0 spiro atoms. The van der Waals surface area contributed by atoms with Crippen LogP contribution in [0.4, 0.5) is 0 Å². The van der Waals surface area contributed by atoms with Crippen molar-refractivity contribution in [2.75, 3.05) is 13.7 Å². The van der Waals surface area contributed by atoms with Crippen molar-refractivity contribution in [3.63, 3.8) is 0 Å². The lowest BCUT2D eigenvalue weighted by atomic mass is 10.1. The predicted octanol–water partition coefficient (Wildman–Crippen LogP) is 3.75. The molecular formula is C19H20Br2N2O3. The molecule has 2 amide bonds. The summed E-state index contributed by atoms with van der Waals surface area (Å²) in [5.41, 5.74) is 0.931. The number of amides is 2. The first-order valence-corrected chi connectivity index (χ1v) is 9.63. The minimum Gasteiger partial charge on any atom is -0.484 e. The van der Waals surface area contributed by atoms with Crippen molar-refractivity contribution in [2.45, 2.75) is 19.5 Å². The first-order chi connectivity index (χ1) is 12.4. The maximum Gasteiger partial charge on any atom is 0.261 e. The van der Waals surface area contributed by atoms with E-state index in [1.807, 2.05) is 36.4 Å². The fraction of sp³-hybridized carbons (Fsp3) is 0.263. The van der Waals surface area contributed by atoms with Crippen LogP contribution in [-0.2, 0) is 16.1 Å². The van der Waals surface area contributed by atoms with E-state index in [9.17, 15) is 9.59 Å². The van der Waals surface area contributed by atoms with Crippen LogP contribution in [0.2, 0.25) is 0 Å². The van der Waals surface area contributed by atoms with Crippen LogP contribution in [0, 0.1) is 0 Å². The minimum absolute atomic E-state index is 0.139. The van der Waals surface area contributed by atoms with Crippen molar-refractivity contribution >= 4 is 43.7 Å². The molecule has 26 heavy (non-hydrogen) atoms. The van der Waals surface area contributed by atoms with Gasteiger partial charge < -0.3 is 15.0 Å². The average Bonchev–Trinajstić information content (AvgIpc) is 2.65. The highest BCUT2D eigenvalue weighted by atomic mass is 79.9. The van der Waals surface area contributed by atoms with E-state index in [0.717, 1.165) is 14.5 Å². The lowest BCUT2D eigenvalue weighted by Gasteiger charge is -2.28. The molecular weight excluding hydrogens is 464 g/mol. The van der Waals surface area contributed by atoms with Crippen molar-refractivity contribution < 1.29 is 14.3 Å². The van der Waals surface area contributed by atoms with Crippen LogP contribution >= 0.6 is 31.9 Å². The van der Waals surface area contributed by atoms with E-state index in [1.165, 1.54) is 4.90 Å². The topological polar surface area (TPSA) is 58.6 Å². The summed E-state index contributed by atoms with van der Waals surface area (Å²) in [6, 6.07) is 14.3. The van der Waals surface area contributed by atoms with E-state index >= 15 is 0 Å². The Balaban J connectivity index is 2.10. The molecule has 0 saturated heterocycles. The summed E-state index contributed by atoms with van der Waals surface area (Å²) in [7, 11) is 1.56. The van der Waals surface area contributed by atoms with Crippen LogP contribution in [0.3, 0.4) is 0 Å². The standard InChI is InChI=1S/C19H20Br2N2O3/c1-13(19(25)22-2)23(11-14-3-5-15(20)6-4-14)18(24)12-26-17-9-7-16(21)8-10-17/h3-10,13H,11-12H2,1-2H3,(H,22,25). The number of benzene rings is 2. The Labute approximate surface area is 170 Å². The molecule has 0 bridgehead atoms. The molecule has 0 fully saturated rings. The van der Waals surface area contributed by atoms with Crippen LogP contribution in [-0.4, -0.2) is 36.4 Å². The summed E-state index contributed by atoms with van der Waals surface area (Å²) >= 11 is 6.75. The van der Waals surface area contributed by atoms with E-state index in [2.05, 4.69) is 37.2 Å². The van der Waals surface area contributed by atoms with Gasteiger partial charge in [-0.2, -0.15) is 0 Å². The smallest absolute Gasteiger partial charge is 0.261 e. The van der Waals surface area contributed by atoms with Crippen LogP contribution in [0.25, 0.3) is 0 Å². The highest BCUT2D eigenvalue weighted by Gasteiger charge is 2.25. The molecule has 1 atom stereocenters. The molecule has 0 aliphatic carbocycles. The molecule has 0 aliphatic heterocycles. The second-order valence-electron chi connectivity index (χ2n) is 5.68. The summed E-state index contributed by atoms with van der Waals surface area (Å²) in [4.78, 5) is 26.3. The van der Waals surface area contributed by atoms with Gasteiger partial charge in [-0.15, -0.1) is 0 Å². The fourth-order valence-electron chi connectivity index (χ4n) is 2.34. The number of carbonyl (C=O) groups excluding carboxylic acids is 2. The summed E-state index contributed by atoms with van der Waals surface area (Å²) in [5.74, 6) is 0.115. The summed E-state index contributed by atoms with van der Waals surface area (Å²) in [5, 5.41) is 2.59. The largest absolute Gasteiger partial charge is 0.484 e. The van der Waals surface area contributed by atoms with Crippen molar-refractivity contribution in [3.05, 3.63) is 63.0 Å². The molecule has 2 aromatic carbocycles. The molecule has 0 heterocycles. The molecule has 1 unspecified atom stereocenters. The number of hydrogen-bond acceptors (Lipinski definition) is 3. The monoisotopic (exact) mass is 482 g/mol. The third-order valence-electron chi connectivity index (χ3n) is 3.86. The van der Waals surface area contributed by atoms with Gasteiger partial charge >= 0.3 is 0 Å². The Morgan fingerprint density at radius 1 is 1.04 bits per heavy atom. The van der Waals surface area contributed by atoms with Gasteiger partial charge in [-0.1, -0.05) is 44.0 Å². The van der Waals surface area contributed by atoms with Gasteiger partial charge in [0.25, 0.3) is 5.91 Å². The SMILES string of the molecule is CNC(=O)C(C)N(Cc1ccc(Br)cc1)C(=O)COc1ccc(Br)cc1. The molecule has 0 aliphatic rings. The molecule has 2 aromatic rings. The summed E-state index contributed by atoms with van der Waals surface area (Å²) in [6.07, 6.45) is 0. The first-order valence-electron chi connectivity index (χ1n) is 8.04. The number of carbonyl (C=O) groups is 2. The van der Waals surface area contributed by atoms with Crippen LogP contribution < -0.4 is 10.1 Å². The van der Waals surface area contributed by atoms with Crippen molar-refractivity contribution in [1.82, 2.24) is 10.2 Å². The maximum absolute atomic E-state index is 12.7. The Morgan fingerprint density at radius 2 is 1.58 bits per heavy atom. The third-order valence-corrected chi connectivity index (χ3v) is 4.91. The lowest BCUT2D eigenvalue weighted by molar-refractivity contribution is -0.142. The van der Waals surface area contributed by atoms with Crippen LogP contribution in [0.15, 0.2) is 57.5 Å². The zero-order valence-electron chi connectivity index (χ0n) is 14.5. The maximum atomic E-state index is 12.7. The number of nitrogens with zero attached hydrogens (tertiary/aromatic N) is 1. The summed E-state index contributed by atoms with van der Waals surface area (Å²) in [6.45, 7) is 1.89. The summed E-state index contributed by atoms with van der Waals surface area (Å²) < 4.78 is 7.46. The molecule has 0 radical (unpaired) electrons. The number of ether oxygens (including phenoxy) is 1. The molecule has 1 N–H and O–H groups in total. The Morgan fingerprint density at radius 3 is 2.12 bits per heavy atom. The molecule has 5 nitrogen and oxygen atoms in total. The van der Waals surface area contributed by atoms with Gasteiger partial charge in [0.2, 0.25) is 5.91 Å². The van der Waals surface area contributed by atoms with Gasteiger partial charge in [-0.3, -0.25) is 9.59 Å². The van der Waals surface area contributed by atoms with Crippen molar-refractivity contribution in [3.8, 4) is 5.75 Å². The van der Waals surface area contributed by atoms with E-state index < -0.39 is 6.04 Å².